The Balaban J connectivity index is 1.30. The molecule has 0 bridgehead atoms. The highest BCUT2D eigenvalue weighted by molar-refractivity contribution is 5.86. The van der Waals surface area contributed by atoms with Crippen LogP contribution in [0.5, 0.6) is 17.2 Å². The maximum atomic E-state index is 14.7. The van der Waals surface area contributed by atoms with Crippen molar-refractivity contribution in [1.29, 1.82) is 0 Å². The molecule has 0 radical (unpaired) electrons. The standard InChI is InChI=1S/C57H86N2O17/c1-16-44-57(10,67)50(63)33(6)48(58-22-21-45(61)73-36-19-17-35(18-20-36)40-26-39(60)47-41(69-14)24-37(68-13)25-42(47)74-40)29(2)27-55(8,66)52(76-54-49(62)38(59(11)12)23-30(3)71-54)31(4)46(32(5)53(65)75-44)43-28-56(9,70-15)51(64)34(7)72-43/h17-20,24-26,29-34,38,43-44,46,48-52,54,58,62-64,66-67H,16,21-23,27-28H2,1-15H3/t29-,30-,31+,32-,33+,34+,38+,43-,44-,46?,48?,49-,50-,51+,52-,54+,55-,56-,57-/m1/s1. The van der Waals surface area contributed by atoms with E-state index in [0.29, 0.717) is 23.5 Å². The first kappa shape index (κ1) is 61.0. The maximum absolute atomic E-state index is 14.7. The predicted molar refractivity (Wildman–Crippen MR) is 283 cm³/mol. The van der Waals surface area contributed by atoms with E-state index in [-0.39, 0.29) is 72.3 Å². The topological polar surface area (TPSA) is 255 Å². The molecule has 3 saturated heterocycles. The van der Waals surface area contributed by atoms with E-state index in [1.54, 1.807) is 77.9 Å². The summed E-state index contributed by atoms with van der Waals surface area (Å²) in [5, 5.41) is 64.5. The third-order valence-electron chi connectivity index (χ3n) is 16.8. The van der Waals surface area contributed by atoms with Gasteiger partial charge in [-0.05, 0) is 104 Å². The molecule has 3 aliphatic rings. The third kappa shape index (κ3) is 13.1. The lowest BCUT2D eigenvalue weighted by Crippen LogP contribution is -2.63. The molecule has 4 heterocycles. The fraction of sp³-hybridized carbons (Fsp3) is 0.702. The van der Waals surface area contributed by atoms with Crippen molar-refractivity contribution < 1.29 is 77.4 Å². The Kier molecular flexibility index (Phi) is 19.9. The number of hydrogen-bond donors (Lipinski definition) is 6. The van der Waals surface area contributed by atoms with Gasteiger partial charge in [0, 0.05) is 67.8 Å². The van der Waals surface area contributed by atoms with Crippen LogP contribution in [0.15, 0.2) is 51.7 Å². The highest BCUT2D eigenvalue weighted by Crippen LogP contribution is 2.46. The summed E-state index contributed by atoms with van der Waals surface area (Å²) >= 11 is 0. The van der Waals surface area contributed by atoms with E-state index in [2.05, 4.69) is 5.32 Å². The molecule has 0 saturated carbocycles. The second-order valence-electron chi connectivity index (χ2n) is 22.7. The molecule has 3 fully saturated rings. The Morgan fingerprint density at radius 1 is 0.855 bits per heavy atom. The first-order valence-electron chi connectivity index (χ1n) is 26.7. The van der Waals surface area contributed by atoms with E-state index >= 15 is 0 Å². The van der Waals surface area contributed by atoms with Crippen LogP contribution in [0.25, 0.3) is 22.3 Å². The summed E-state index contributed by atoms with van der Waals surface area (Å²) in [6, 6.07) is 10.0. The largest absolute Gasteiger partial charge is 0.496 e. The van der Waals surface area contributed by atoms with Crippen LogP contribution in [0.3, 0.4) is 0 Å². The summed E-state index contributed by atoms with van der Waals surface area (Å²) in [6.07, 6.45) is -8.29. The van der Waals surface area contributed by atoms with Crippen molar-refractivity contribution >= 4 is 22.9 Å². The number of nitrogens with zero attached hydrogens (tertiary/aromatic N) is 1. The van der Waals surface area contributed by atoms with Crippen LogP contribution in [0.4, 0.5) is 0 Å². The van der Waals surface area contributed by atoms with E-state index in [1.165, 1.54) is 34.3 Å². The van der Waals surface area contributed by atoms with E-state index in [0.717, 1.165) is 0 Å². The van der Waals surface area contributed by atoms with Crippen LogP contribution in [-0.4, -0.2) is 168 Å². The minimum Gasteiger partial charge on any atom is -0.496 e. The molecule has 2 unspecified atom stereocenters. The molecule has 0 spiro atoms. The molecular formula is C57H86N2O17. The lowest BCUT2D eigenvalue weighted by atomic mass is 9.67. The summed E-state index contributed by atoms with van der Waals surface area (Å²) in [5.74, 6) is -3.77. The fourth-order valence-electron chi connectivity index (χ4n) is 12.4. The normalized spacial score (nSPS) is 38.0. The molecular weight excluding hydrogens is 985 g/mol. The smallest absolute Gasteiger partial charge is 0.312 e. The van der Waals surface area contributed by atoms with Gasteiger partial charge in [-0.1, -0.05) is 34.6 Å². The van der Waals surface area contributed by atoms with E-state index in [4.69, 9.17) is 42.3 Å². The van der Waals surface area contributed by atoms with Gasteiger partial charge in [-0.15, -0.1) is 0 Å². The lowest BCUT2D eigenvalue weighted by Gasteiger charge is -2.52. The van der Waals surface area contributed by atoms with Gasteiger partial charge in [0.1, 0.15) is 57.9 Å². The summed E-state index contributed by atoms with van der Waals surface area (Å²) in [4.78, 5) is 43.3. The van der Waals surface area contributed by atoms with Crippen LogP contribution in [0.1, 0.15) is 101 Å². The molecule has 0 aliphatic carbocycles. The predicted octanol–water partition coefficient (Wildman–Crippen LogP) is 5.23. The number of aliphatic hydroxyl groups excluding tert-OH is 3. The van der Waals surface area contributed by atoms with E-state index in [1.807, 2.05) is 39.8 Å². The number of aliphatic hydroxyl groups is 5. The van der Waals surface area contributed by atoms with Crippen molar-refractivity contribution in [2.75, 3.05) is 42.0 Å². The summed E-state index contributed by atoms with van der Waals surface area (Å²) in [5.41, 5.74) is -4.32. The van der Waals surface area contributed by atoms with Crippen LogP contribution < -0.4 is 25.0 Å². The molecule has 2 aromatic carbocycles. The zero-order valence-electron chi connectivity index (χ0n) is 47.1. The van der Waals surface area contributed by atoms with Crippen LogP contribution in [0, 0.1) is 29.6 Å². The number of fused-ring (bicyclic) bond motifs is 1. The summed E-state index contributed by atoms with van der Waals surface area (Å²) in [6.45, 7) is 17.5. The molecule has 1 aromatic heterocycles. The Bertz CT molecular complexity index is 2480. The molecule has 3 aliphatic heterocycles. The summed E-state index contributed by atoms with van der Waals surface area (Å²) in [7, 11) is 8.19. The highest BCUT2D eigenvalue weighted by Gasteiger charge is 2.55. The highest BCUT2D eigenvalue weighted by atomic mass is 16.7. The number of cyclic esters (lactones) is 1. The number of hydrogen-bond acceptors (Lipinski definition) is 19. The summed E-state index contributed by atoms with van der Waals surface area (Å²) < 4.78 is 54.6. The number of esters is 2. The zero-order valence-corrected chi connectivity index (χ0v) is 47.1. The quantitative estimate of drug-likeness (QED) is 0.0892. The molecule has 19 atom stereocenters. The van der Waals surface area contributed by atoms with Crippen molar-refractivity contribution in [3.05, 3.63) is 52.7 Å². The van der Waals surface area contributed by atoms with Crippen molar-refractivity contribution in [3.63, 3.8) is 0 Å². The van der Waals surface area contributed by atoms with Gasteiger partial charge in [-0.2, -0.15) is 0 Å². The molecule has 6 rings (SSSR count). The Morgan fingerprint density at radius 2 is 1.53 bits per heavy atom. The molecule has 19 heteroatoms. The lowest BCUT2D eigenvalue weighted by molar-refractivity contribution is -0.302. The van der Waals surface area contributed by atoms with E-state index in [9.17, 15) is 39.9 Å². The van der Waals surface area contributed by atoms with Gasteiger partial charge < -0.3 is 78.1 Å². The van der Waals surface area contributed by atoms with Gasteiger partial charge in [0.05, 0.1) is 68.3 Å². The number of carbonyl (C=O) groups excluding carboxylic acids is 2. The Hall–Kier alpha value is -4.25. The van der Waals surface area contributed by atoms with Gasteiger partial charge in [0.25, 0.3) is 0 Å². The van der Waals surface area contributed by atoms with Crippen molar-refractivity contribution in [3.8, 4) is 28.6 Å². The van der Waals surface area contributed by atoms with E-state index < -0.39 is 113 Å². The van der Waals surface area contributed by atoms with Crippen LogP contribution in [-0.2, 0) is 33.3 Å². The second kappa shape index (κ2) is 24.8. The van der Waals surface area contributed by atoms with Crippen molar-refractivity contribution in [2.45, 2.75) is 185 Å². The number of benzene rings is 2. The van der Waals surface area contributed by atoms with Crippen LogP contribution >= 0.6 is 0 Å². The average Bonchev–Trinajstić information content (AvgIpc) is 3.36. The molecule has 19 nitrogen and oxygen atoms in total. The van der Waals surface area contributed by atoms with Gasteiger partial charge in [-0.25, -0.2) is 0 Å². The zero-order chi connectivity index (χ0) is 56.4. The number of ether oxygens (including phenoxy) is 8. The van der Waals surface area contributed by atoms with Gasteiger partial charge >= 0.3 is 11.9 Å². The first-order valence-corrected chi connectivity index (χ1v) is 26.7. The molecule has 6 N–H and O–H groups in total. The SMILES string of the molecule is CC[C@H]1OC(=O)[C@H](C)C([C@H]2C[C@@](C)(OC)[C@@H](O)[C@H](C)O2)[C@H](C)[C@@H](O[C@@H]2O[C@H](C)C[C@H](N(C)C)[C@H]2O)[C@](C)(O)C[C@@H](C)C(NCCC(=O)Oc2ccc(-c3cc(=O)c4c(OC)cc(OC)cc4o3)cc2)[C@H](C)[C@@H](O)[C@]1(C)O. The van der Waals surface area contributed by atoms with Crippen LogP contribution in [0.2, 0.25) is 0 Å². The number of likely N-dealkylation sites (N-methyl/N-ethyl adjacent to an activating group) is 1. The number of nitrogens with one attached hydrogen (secondary N) is 1. The number of methoxy groups -OCH3 is 3. The minimum absolute atomic E-state index is 0.0166. The minimum atomic E-state index is -1.98. The van der Waals surface area contributed by atoms with Crippen molar-refractivity contribution in [1.82, 2.24) is 10.2 Å². The average molecular weight is 1070 g/mol. The van der Waals surface area contributed by atoms with Crippen molar-refractivity contribution in [2.24, 2.45) is 29.6 Å². The molecule has 426 valence electrons. The number of carbonyl (C=O) groups is 2. The van der Waals surface area contributed by atoms with Gasteiger partial charge in [-0.3, -0.25) is 14.4 Å². The van der Waals surface area contributed by atoms with Gasteiger partial charge in [0.2, 0.25) is 0 Å². The Morgan fingerprint density at radius 3 is 2.13 bits per heavy atom. The van der Waals surface area contributed by atoms with Gasteiger partial charge in [0.15, 0.2) is 11.7 Å². The third-order valence-corrected chi connectivity index (χ3v) is 16.8. The first-order chi connectivity index (χ1) is 35.6. The molecule has 76 heavy (non-hydrogen) atoms. The monoisotopic (exact) mass is 1070 g/mol. The molecule has 3 aromatic rings. The Labute approximate surface area is 447 Å². The fourth-order valence-corrected chi connectivity index (χ4v) is 12.4. The maximum Gasteiger partial charge on any atom is 0.312 e. The molecule has 0 amide bonds. The number of rotatable bonds is 14. The second-order valence-corrected chi connectivity index (χ2v) is 22.7.